The molecule has 25 heavy (non-hydrogen) atoms. The maximum Gasteiger partial charge on any atom is 0.339 e. The molecule has 1 amide bonds. The summed E-state index contributed by atoms with van der Waals surface area (Å²) in [5, 5.41) is 16.1. The minimum absolute atomic E-state index is 0.0469. The van der Waals surface area contributed by atoms with E-state index in [1.165, 1.54) is 6.20 Å². The van der Waals surface area contributed by atoms with Crippen molar-refractivity contribution < 1.29 is 14.7 Å². The van der Waals surface area contributed by atoms with E-state index in [4.69, 9.17) is 5.11 Å². The zero-order chi connectivity index (χ0) is 18.4. The van der Waals surface area contributed by atoms with Crippen molar-refractivity contribution in [3.05, 3.63) is 41.7 Å². The van der Waals surface area contributed by atoms with Gasteiger partial charge in [0.25, 0.3) is 0 Å². The fourth-order valence-corrected chi connectivity index (χ4v) is 3.32. The molecular weight excluding hydrogens is 338 g/mol. The van der Waals surface area contributed by atoms with Gasteiger partial charge >= 0.3 is 5.97 Å². The Morgan fingerprint density at radius 1 is 1.36 bits per heavy atom. The van der Waals surface area contributed by atoms with Gasteiger partial charge in [-0.15, -0.1) is 0 Å². The standard InChI is InChI=1S/C18H23N3O3S/c1-12(2)7-8-25-11-17(22)20-14-5-4-6-15(9-14)21-13(3)16(10-19-21)18(23)24/h4-6,9-10,12H,7-8,11H2,1-3H3,(H,20,22)(H,23,24). The summed E-state index contributed by atoms with van der Waals surface area (Å²) in [6.45, 7) is 6.03. The number of nitrogens with zero attached hydrogens (tertiary/aromatic N) is 2. The van der Waals surface area contributed by atoms with Crippen LogP contribution in [0.1, 0.15) is 36.3 Å². The van der Waals surface area contributed by atoms with E-state index in [1.54, 1.807) is 41.6 Å². The third kappa shape index (κ3) is 5.35. The lowest BCUT2D eigenvalue weighted by Gasteiger charge is -2.09. The molecule has 2 aromatic rings. The summed E-state index contributed by atoms with van der Waals surface area (Å²) >= 11 is 1.62. The fourth-order valence-electron chi connectivity index (χ4n) is 2.28. The number of carboxylic acid groups (broad SMARTS) is 1. The van der Waals surface area contributed by atoms with Crippen LogP contribution in [0.5, 0.6) is 0 Å². The van der Waals surface area contributed by atoms with Crippen molar-refractivity contribution in [2.45, 2.75) is 27.2 Å². The summed E-state index contributed by atoms with van der Waals surface area (Å²) in [4.78, 5) is 23.2. The molecule has 0 bridgehead atoms. The molecule has 134 valence electrons. The lowest BCUT2D eigenvalue weighted by Crippen LogP contribution is -2.15. The topological polar surface area (TPSA) is 84.2 Å². The first-order chi connectivity index (χ1) is 11.9. The van der Waals surface area contributed by atoms with E-state index in [2.05, 4.69) is 24.3 Å². The Hall–Kier alpha value is -2.28. The average Bonchev–Trinajstić information content (AvgIpc) is 2.93. The van der Waals surface area contributed by atoms with Gasteiger partial charge in [0.05, 0.1) is 23.3 Å². The minimum Gasteiger partial charge on any atom is -0.478 e. The zero-order valence-corrected chi connectivity index (χ0v) is 15.5. The summed E-state index contributed by atoms with van der Waals surface area (Å²) in [6.07, 6.45) is 2.42. The molecule has 0 saturated heterocycles. The number of hydrogen-bond acceptors (Lipinski definition) is 4. The van der Waals surface area contributed by atoms with Crippen LogP contribution in [0.15, 0.2) is 30.5 Å². The highest BCUT2D eigenvalue weighted by molar-refractivity contribution is 7.99. The number of rotatable bonds is 8. The van der Waals surface area contributed by atoms with E-state index >= 15 is 0 Å². The molecule has 0 saturated carbocycles. The van der Waals surface area contributed by atoms with E-state index in [0.29, 0.717) is 28.7 Å². The van der Waals surface area contributed by atoms with Crippen molar-refractivity contribution in [2.75, 3.05) is 16.8 Å². The second-order valence-corrected chi connectivity index (χ2v) is 7.30. The molecule has 7 heteroatoms. The molecule has 2 N–H and O–H groups in total. The summed E-state index contributed by atoms with van der Waals surface area (Å²) in [5.41, 5.74) is 2.07. The quantitative estimate of drug-likeness (QED) is 0.702. The van der Waals surface area contributed by atoms with E-state index < -0.39 is 5.97 Å². The van der Waals surface area contributed by atoms with Gasteiger partial charge in [-0.3, -0.25) is 4.79 Å². The highest BCUT2D eigenvalue weighted by Gasteiger charge is 2.14. The first-order valence-corrected chi connectivity index (χ1v) is 9.30. The van der Waals surface area contributed by atoms with Crippen LogP contribution in [0.3, 0.4) is 0 Å². The number of aromatic nitrogens is 2. The predicted molar refractivity (Wildman–Crippen MR) is 101 cm³/mol. The van der Waals surface area contributed by atoms with Crippen LogP contribution in [0.4, 0.5) is 5.69 Å². The summed E-state index contributed by atoms with van der Waals surface area (Å²) in [7, 11) is 0. The number of thioether (sulfide) groups is 1. The third-order valence-corrected chi connectivity index (χ3v) is 4.68. The number of amides is 1. The van der Waals surface area contributed by atoms with Crippen molar-refractivity contribution >= 4 is 29.3 Å². The molecule has 2 rings (SSSR count). The maximum atomic E-state index is 12.0. The van der Waals surface area contributed by atoms with Crippen LogP contribution in [0, 0.1) is 12.8 Å². The Kier molecular flexibility index (Phi) is 6.64. The molecule has 0 aliphatic heterocycles. The van der Waals surface area contributed by atoms with Gasteiger partial charge in [0.2, 0.25) is 5.91 Å². The van der Waals surface area contributed by atoms with Gasteiger partial charge in [-0.2, -0.15) is 16.9 Å². The van der Waals surface area contributed by atoms with Gasteiger partial charge in [0, 0.05) is 5.69 Å². The molecule has 1 aromatic heterocycles. The Balaban J connectivity index is 2.02. The van der Waals surface area contributed by atoms with Crippen LogP contribution >= 0.6 is 11.8 Å². The first kappa shape index (κ1) is 19.1. The molecule has 1 heterocycles. The predicted octanol–water partition coefficient (Wildman–Crippen LogP) is 3.60. The zero-order valence-electron chi connectivity index (χ0n) is 14.7. The first-order valence-electron chi connectivity index (χ1n) is 8.14. The van der Waals surface area contributed by atoms with E-state index in [1.807, 2.05) is 6.07 Å². The number of aromatic carboxylic acids is 1. The van der Waals surface area contributed by atoms with Gasteiger partial charge in [-0.05, 0) is 43.2 Å². The van der Waals surface area contributed by atoms with Gasteiger partial charge in [-0.25, -0.2) is 9.48 Å². The van der Waals surface area contributed by atoms with Crippen LogP contribution in [-0.2, 0) is 4.79 Å². The highest BCUT2D eigenvalue weighted by Crippen LogP contribution is 2.18. The average molecular weight is 361 g/mol. The smallest absolute Gasteiger partial charge is 0.339 e. The van der Waals surface area contributed by atoms with Gasteiger partial charge in [0.1, 0.15) is 5.56 Å². The van der Waals surface area contributed by atoms with Crippen LogP contribution in [0.2, 0.25) is 0 Å². The van der Waals surface area contributed by atoms with Gasteiger partial charge in [-0.1, -0.05) is 19.9 Å². The van der Waals surface area contributed by atoms with Crippen LogP contribution in [-0.4, -0.2) is 38.3 Å². The van der Waals surface area contributed by atoms with Crippen molar-refractivity contribution in [3.8, 4) is 5.69 Å². The van der Waals surface area contributed by atoms with Crippen molar-refractivity contribution in [1.29, 1.82) is 0 Å². The Labute approximate surface area is 151 Å². The SMILES string of the molecule is Cc1c(C(=O)O)cnn1-c1cccc(NC(=O)CSCCC(C)C)c1. The number of carbonyl (C=O) groups excluding carboxylic acids is 1. The molecule has 0 aliphatic rings. The summed E-state index contributed by atoms with van der Waals surface area (Å²) in [6, 6.07) is 7.20. The van der Waals surface area contributed by atoms with E-state index in [-0.39, 0.29) is 11.5 Å². The van der Waals surface area contributed by atoms with Crippen molar-refractivity contribution in [1.82, 2.24) is 9.78 Å². The Morgan fingerprint density at radius 2 is 2.12 bits per heavy atom. The molecular formula is C18H23N3O3S. The number of benzene rings is 1. The Morgan fingerprint density at radius 3 is 2.76 bits per heavy atom. The second-order valence-electron chi connectivity index (χ2n) is 6.19. The van der Waals surface area contributed by atoms with Crippen molar-refractivity contribution in [3.63, 3.8) is 0 Å². The monoisotopic (exact) mass is 361 g/mol. The number of nitrogens with one attached hydrogen (secondary N) is 1. The molecule has 6 nitrogen and oxygen atoms in total. The van der Waals surface area contributed by atoms with Crippen LogP contribution in [0.25, 0.3) is 5.69 Å². The summed E-state index contributed by atoms with van der Waals surface area (Å²) < 4.78 is 1.55. The fraction of sp³-hybridized carbons (Fsp3) is 0.389. The van der Waals surface area contributed by atoms with E-state index in [9.17, 15) is 9.59 Å². The molecule has 1 aromatic carbocycles. The largest absolute Gasteiger partial charge is 0.478 e. The number of carboxylic acids is 1. The maximum absolute atomic E-state index is 12.0. The highest BCUT2D eigenvalue weighted by atomic mass is 32.2. The molecule has 0 spiro atoms. The molecule has 0 fully saturated rings. The summed E-state index contributed by atoms with van der Waals surface area (Å²) in [5.74, 6) is 0.970. The van der Waals surface area contributed by atoms with Gasteiger partial charge in [0.15, 0.2) is 0 Å². The van der Waals surface area contributed by atoms with Crippen LogP contribution < -0.4 is 5.32 Å². The molecule has 0 atom stereocenters. The minimum atomic E-state index is -1.01. The lowest BCUT2D eigenvalue weighted by atomic mass is 10.2. The number of carbonyl (C=O) groups is 2. The molecule has 0 unspecified atom stereocenters. The normalized spacial score (nSPS) is 10.9. The third-order valence-electron chi connectivity index (χ3n) is 3.69. The number of hydrogen-bond donors (Lipinski definition) is 2. The van der Waals surface area contributed by atoms with Crippen molar-refractivity contribution in [2.24, 2.45) is 5.92 Å². The van der Waals surface area contributed by atoms with Gasteiger partial charge < -0.3 is 10.4 Å². The molecule has 0 aliphatic carbocycles. The Bertz CT molecular complexity index is 756. The lowest BCUT2D eigenvalue weighted by molar-refractivity contribution is -0.113. The second kappa shape index (κ2) is 8.71. The number of anilines is 1. The van der Waals surface area contributed by atoms with E-state index in [0.717, 1.165) is 12.2 Å². The molecule has 0 radical (unpaired) electrons.